The van der Waals surface area contributed by atoms with Crippen molar-refractivity contribution in [3.63, 3.8) is 0 Å². The highest BCUT2D eigenvalue weighted by molar-refractivity contribution is 9.10. The van der Waals surface area contributed by atoms with Crippen LogP contribution in [0.1, 0.15) is 41.6 Å². The highest BCUT2D eigenvalue weighted by atomic mass is 79.9. The molecule has 1 unspecified atom stereocenters. The number of hydroxylamine groups is 2. The number of hydrogen-bond donors (Lipinski definition) is 0. The van der Waals surface area contributed by atoms with Crippen molar-refractivity contribution >= 4 is 33.9 Å². The Morgan fingerprint density at radius 3 is 1.94 bits per heavy atom. The predicted octanol–water partition coefficient (Wildman–Crippen LogP) is 5.52. The standard InChI is InChI=1S/C25H18BrNO5/c26-16-11-9-15(10-12-16)24(31-25(30)32-27-21(28)13-14-22(27)29)23-19-7-3-1-5-17(19)18-6-2-4-8-20(18)23/h1-12,23-24H,13-14H2. The monoisotopic (exact) mass is 491 g/mol. The van der Waals surface area contributed by atoms with Gasteiger partial charge in [0.05, 0.1) is 5.92 Å². The molecule has 3 aromatic rings. The second-order valence-corrected chi connectivity index (χ2v) is 8.58. The number of fused-ring (bicyclic) bond motifs is 3. The Bertz CT molecular complexity index is 1160. The van der Waals surface area contributed by atoms with Gasteiger partial charge in [0.2, 0.25) is 0 Å². The molecule has 2 amide bonds. The number of nitrogens with zero attached hydrogens (tertiary/aromatic N) is 1. The largest absolute Gasteiger partial charge is 0.534 e. The Morgan fingerprint density at radius 1 is 0.844 bits per heavy atom. The Labute approximate surface area is 192 Å². The van der Waals surface area contributed by atoms with Gasteiger partial charge in [0, 0.05) is 17.3 Å². The summed E-state index contributed by atoms with van der Waals surface area (Å²) in [5.41, 5.74) is 4.99. The number of halogens is 1. The smallest absolute Gasteiger partial charge is 0.423 e. The minimum Gasteiger partial charge on any atom is -0.423 e. The predicted molar refractivity (Wildman–Crippen MR) is 119 cm³/mol. The molecule has 0 spiro atoms. The third-order valence-corrected chi connectivity index (χ3v) is 6.31. The van der Waals surface area contributed by atoms with Gasteiger partial charge < -0.3 is 4.74 Å². The topological polar surface area (TPSA) is 72.9 Å². The molecule has 0 saturated carbocycles. The number of rotatable bonds is 4. The minimum atomic E-state index is -1.09. The number of carbonyl (C=O) groups is 3. The van der Waals surface area contributed by atoms with E-state index >= 15 is 0 Å². The fourth-order valence-electron chi connectivity index (χ4n) is 4.36. The maximum Gasteiger partial charge on any atom is 0.534 e. The highest BCUT2D eigenvalue weighted by Crippen LogP contribution is 2.51. The summed E-state index contributed by atoms with van der Waals surface area (Å²) < 4.78 is 6.70. The molecule has 2 aliphatic rings. The van der Waals surface area contributed by atoms with Crippen molar-refractivity contribution in [2.75, 3.05) is 0 Å². The van der Waals surface area contributed by atoms with Gasteiger partial charge in [0.1, 0.15) is 6.10 Å². The third-order valence-electron chi connectivity index (χ3n) is 5.78. The van der Waals surface area contributed by atoms with E-state index in [9.17, 15) is 14.4 Å². The van der Waals surface area contributed by atoms with Gasteiger partial charge in [0.25, 0.3) is 11.8 Å². The van der Waals surface area contributed by atoms with Crippen molar-refractivity contribution in [2.24, 2.45) is 0 Å². The van der Waals surface area contributed by atoms with E-state index < -0.39 is 24.1 Å². The average molecular weight is 492 g/mol. The lowest BCUT2D eigenvalue weighted by Gasteiger charge is -2.26. The molecule has 7 heteroatoms. The molecule has 160 valence electrons. The van der Waals surface area contributed by atoms with E-state index in [1.807, 2.05) is 72.8 Å². The van der Waals surface area contributed by atoms with Crippen LogP contribution in [0.4, 0.5) is 4.79 Å². The molecule has 0 N–H and O–H groups in total. The molecule has 1 saturated heterocycles. The first-order valence-electron chi connectivity index (χ1n) is 10.2. The van der Waals surface area contributed by atoms with Crippen molar-refractivity contribution in [3.05, 3.63) is 94.0 Å². The summed E-state index contributed by atoms with van der Waals surface area (Å²) in [4.78, 5) is 41.5. The summed E-state index contributed by atoms with van der Waals surface area (Å²) in [5, 5.41) is 0.498. The Morgan fingerprint density at radius 2 is 1.38 bits per heavy atom. The van der Waals surface area contributed by atoms with Gasteiger partial charge in [-0.2, -0.15) is 0 Å². The number of ether oxygens (including phenoxy) is 1. The lowest BCUT2D eigenvalue weighted by molar-refractivity contribution is -0.178. The van der Waals surface area contributed by atoms with Crippen LogP contribution in [0.15, 0.2) is 77.3 Å². The van der Waals surface area contributed by atoms with Gasteiger partial charge in [-0.25, -0.2) is 4.79 Å². The van der Waals surface area contributed by atoms with Crippen LogP contribution < -0.4 is 0 Å². The zero-order valence-corrected chi connectivity index (χ0v) is 18.4. The molecule has 0 radical (unpaired) electrons. The molecule has 3 aromatic carbocycles. The second-order valence-electron chi connectivity index (χ2n) is 7.67. The summed E-state index contributed by atoms with van der Waals surface area (Å²) in [5.74, 6) is -1.38. The van der Waals surface area contributed by atoms with Gasteiger partial charge in [0.15, 0.2) is 0 Å². The van der Waals surface area contributed by atoms with Crippen molar-refractivity contribution in [2.45, 2.75) is 24.9 Å². The van der Waals surface area contributed by atoms with Crippen molar-refractivity contribution < 1.29 is 24.0 Å². The fraction of sp³-hybridized carbons (Fsp3) is 0.160. The third kappa shape index (κ3) is 3.58. The first-order valence-corrected chi connectivity index (χ1v) is 11.0. The molecule has 5 rings (SSSR count). The molecule has 1 heterocycles. The normalized spacial score (nSPS) is 16.0. The summed E-state index contributed by atoms with van der Waals surface area (Å²) in [6.07, 6.45) is -1.78. The van der Waals surface area contributed by atoms with E-state index in [1.165, 1.54) is 0 Å². The Kier molecular flexibility index (Phi) is 5.27. The van der Waals surface area contributed by atoms with Crippen LogP contribution in [0.2, 0.25) is 0 Å². The van der Waals surface area contributed by atoms with Crippen molar-refractivity contribution in [1.82, 2.24) is 5.06 Å². The van der Waals surface area contributed by atoms with Gasteiger partial charge >= 0.3 is 6.16 Å². The van der Waals surface area contributed by atoms with Gasteiger partial charge in [-0.05, 0) is 39.9 Å². The first kappa shape index (κ1) is 20.5. The van der Waals surface area contributed by atoms with Crippen LogP contribution in [-0.4, -0.2) is 23.0 Å². The molecule has 1 fully saturated rings. The minimum absolute atomic E-state index is 0.0195. The molecule has 1 aliphatic carbocycles. The van der Waals surface area contributed by atoms with E-state index in [1.54, 1.807) is 0 Å². The van der Waals surface area contributed by atoms with Crippen LogP contribution >= 0.6 is 15.9 Å². The average Bonchev–Trinajstić information content (AvgIpc) is 3.30. The lowest BCUT2D eigenvalue weighted by atomic mass is 9.87. The number of carbonyl (C=O) groups excluding carboxylic acids is 3. The van der Waals surface area contributed by atoms with Gasteiger partial charge in [-0.1, -0.05) is 81.7 Å². The van der Waals surface area contributed by atoms with E-state index in [4.69, 9.17) is 9.57 Å². The molecule has 0 bridgehead atoms. The number of benzene rings is 3. The van der Waals surface area contributed by atoms with E-state index in [-0.39, 0.29) is 18.8 Å². The van der Waals surface area contributed by atoms with Crippen LogP contribution in [0.5, 0.6) is 0 Å². The quantitative estimate of drug-likeness (QED) is 0.354. The van der Waals surface area contributed by atoms with E-state index in [2.05, 4.69) is 15.9 Å². The molecule has 32 heavy (non-hydrogen) atoms. The Balaban J connectivity index is 1.54. The molecule has 1 atom stereocenters. The number of hydrogen-bond acceptors (Lipinski definition) is 5. The first-order chi connectivity index (χ1) is 15.5. The summed E-state index contributed by atoms with van der Waals surface area (Å²) in [7, 11) is 0. The fourth-order valence-corrected chi connectivity index (χ4v) is 4.62. The number of imide groups is 1. The second kappa shape index (κ2) is 8.24. The zero-order chi connectivity index (χ0) is 22.2. The maximum atomic E-state index is 12.7. The maximum absolute atomic E-state index is 12.7. The lowest BCUT2D eigenvalue weighted by Crippen LogP contribution is -2.33. The van der Waals surface area contributed by atoms with Gasteiger partial charge in [-0.15, -0.1) is 0 Å². The van der Waals surface area contributed by atoms with Crippen LogP contribution in [0.25, 0.3) is 11.1 Å². The van der Waals surface area contributed by atoms with Crippen LogP contribution in [0.3, 0.4) is 0 Å². The summed E-state index contributed by atoms with van der Waals surface area (Å²) >= 11 is 3.44. The molecule has 1 aliphatic heterocycles. The highest BCUT2D eigenvalue weighted by Gasteiger charge is 2.39. The van der Waals surface area contributed by atoms with Crippen molar-refractivity contribution in [1.29, 1.82) is 0 Å². The SMILES string of the molecule is O=C(OC(c1ccc(Br)cc1)C1c2ccccc2-c2ccccc21)ON1C(=O)CCC1=O. The van der Waals surface area contributed by atoms with E-state index in [0.717, 1.165) is 32.3 Å². The summed E-state index contributed by atoms with van der Waals surface area (Å²) in [6, 6.07) is 23.5. The zero-order valence-electron chi connectivity index (χ0n) is 16.9. The van der Waals surface area contributed by atoms with Crippen molar-refractivity contribution in [3.8, 4) is 11.1 Å². The Hall–Kier alpha value is -3.45. The van der Waals surface area contributed by atoms with E-state index in [0.29, 0.717) is 5.06 Å². The molecular formula is C25H18BrNO5. The number of amides is 2. The van der Waals surface area contributed by atoms with Crippen LogP contribution in [-0.2, 0) is 19.2 Å². The summed E-state index contributed by atoms with van der Waals surface area (Å²) in [6.45, 7) is 0. The molecule has 0 aromatic heterocycles. The molecular weight excluding hydrogens is 474 g/mol. The molecule has 6 nitrogen and oxygen atoms in total. The van der Waals surface area contributed by atoms with Gasteiger partial charge in [-0.3, -0.25) is 14.4 Å². The van der Waals surface area contributed by atoms with Crippen LogP contribution in [0, 0.1) is 0 Å².